The highest BCUT2D eigenvalue weighted by molar-refractivity contribution is 7.89. The van der Waals surface area contributed by atoms with Crippen molar-refractivity contribution in [2.24, 2.45) is 5.92 Å². The second kappa shape index (κ2) is 8.55. The van der Waals surface area contributed by atoms with E-state index in [0.29, 0.717) is 43.8 Å². The number of hydrogen-bond acceptors (Lipinski definition) is 5. The molecule has 2 saturated heterocycles. The van der Waals surface area contributed by atoms with Crippen molar-refractivity contribution >= 4 is 27.5 Å². The number of nitrogens with zero attached hydrogens (tertiary/aromatic N) is 2. The highest BCUT2D eigenvalue weighted by Crippen LogP contribution is 2.34. The summed E-state index contributed by atoms with van der Waals surface area (Å²) < 4.78 is 33.3. The van der Waals surface area contributed by atoms with Gasteiger partial charge in [-0.15, -0.1) is 0 Å². The zero-order valence-electron chi connectivity index (χ0n) is 17.3. The summed E-state index contributed by atoms with van der Waals surface area (Å²) >= 11 is 0. The number of anilines is 1. The summed E-state index contributed by atoms with van der Waals surface area (Å²) in [5.74, 6) is 0.283. The quantitative estimate of drug-likeness (QED) is 0.782. The van der Waals surface area contributed by atoms with Crippen LogP contribution in [0.25, 0.3) is 0 Å². The third kappa shape index (κ3) is 4.05. The number of fused-ring (bicyclic) bond motifs is 1. The van der Waals surface area contributed by atoms with Crippen LogP contribution in [0.1, 0.15) is 45.4 Å². The van der Waals surface area contributed by atoms with Gasteiger partial charge in [-0.1, -0.05) is 6.92 Å². The number of piperidine rings is 2. The highest BCUT2D eigenvalue weighted by Gasteiger charge is 2.35. The standard InChI is InChI=1S/C21H29N3O5S/c1-2-18-20(25)22-17-14-16(6-7-19(17)29-18)30(27,28)24-12-8-15(9-13-24)21(26)23-10-4-3-5-11-23/h6-7,14-15,18H,2-5,8-13H2,1H3,(H,22,25)/t18-/m1/s1. The molecule has 2 amide bonds. The van der Waals surface area contributed by atoms with Crippen LogP contribution >= 0.6 is 0 Å². The Morgan fingerprint density at radius 1 is 1.13 bits per heavy atom. The number of nitrogens with one attached hydrogen (secondary N) is 1. The SMILES string of the molecule is CC[C@H]1Oc2ccc(S(=O)(=O)N3CCC(C(=O)N4CCCCC4)CC3)cc2NC1=O. The molecule has 0 radical (unpaired) electrons. The van der Waals surface area contributed by atoms with Crippen LogP contribution in [0.4, 0.5) is 5.69 Å². The van der Waals surface area contributed by atoms with Gasteiger partial charge in [0.25, 0.3) is 5.91 Å². The van der Waals surface area contributed by atoms with Crippen LogP contribution in [0.15, 0.2) is 23.1 Å². The van der Waals surface area contributed by atoms with Crippen molar-refractivity contribution in [1.82, 2.24) is 9.21 Å². The Morgan fingerprint density at radius 2 is 1.83 bits per heavy atom. The third-order valence-corrected chi connectivity index (χ3v) is 8.14. The molecular weight excluding hydrogens is 406 g/mol. The van der Waals surface area contributed by atoms with Crippen molar-refractivity contribution in [1.29, 1.82) is 0 Å². The smallest absolute Gasteiger partial charge is 0.265 e. The maximum Gasteiger partial charge on any atom is 0.265 e. The number of likely N-dealkylation sites (tertiary alicyclic amines) is 1. The molecule has 3 aliphatic rings. The van der Waals surface area contributed by atoms with Crippen LogP contribution in [-0.2, 0) is 19.6 Å². The number of carbonyl (C=O) groups is 2. The van der Waals surface area contributed by atoms with E-state index in [1.54, 1.807) is 6.07 Å². The summed E-state index contributed by atoms with van der Waals surface area (Å²) in [5, 5.41) is 2.74. The Balaban J connectivity index is 1.43. The summed E-state index contributed by atoms with van der Waals surface area (Å²) in [7, 11) is -3.70. The van der Waals surface area contributed by atoms with Gasteiger partial charge in [0.05, 0.1) is 10.6 Å². The van der Waals surface area contributed by atoms with Crippen LogP contribution in [0.5, 0.6) is 5.75 Å². The molecule has 164 valence electrons. The van der Waals surface area contributed by atoms with Gasteiger partial charge < -0.3 is 15.0 Å². The number of benzene rings is 1. The first-order chi connectivity index (χ1) is 14.4. The minimum Gasteiger partial charge on any atom is -0.478 e. The Labute approximate surface area is 177 Å². The summed E-state index contributed by atoms with van der Waals surface area (Å²) in [6.07, 6.45) is 4.33. The fourth-order valence-corrected chi connectivity index (χ4v) is 5.92. The average molecular weight is 436 g/mol. The molecule has 30 heavy (non-hydrogen) atoms. The highest BCUT2D eigenvalue weighted by atomic mass is 32.2. The Bertz CT molecular complexity index is 919. The number of sulfonamides is 1. The van der Waals surface area contributed by atoms with E-state index in [1.807, 2.05) is 11.8 Å². The maximum absolute atomic E-state index is 13.1. The predicted octanol–water partition coefficient (Wildman–Crippen LogP) is 2.21. The van der Waals surface area contributed by atoms with E-state index in [4.69, 9.17) is 4.74 Å². The molecule has 0 unspecified atom stereocenters. The Hall–Kier alpha value is -2.13. The molecule has 1 aromatic rings. The van der Waals surface area contributed by atoms with Crippen LogP contribution < -0.4 is 10.1 Å². The molecule has 0 aliphatic carbocycles. The first kappa shape index (κ1) is 21.1. The number of hydrogen-bond donors (Lipinski definition) is 1. The first-order valence-corrected chi connectivity index (χ1v) is 12.2. The number of carbonyl (C=O) groups excluding carboxylic acids is 2. The van der Waals surface area contributed by atoms with Crippen molar-refractivity contribution in [3.63, 3.8) is 0 Å². The monoisotopic (exact) mass is 435 g/mol. The molecule has 1 N–H and O–H groups in total. The van der Waals surface area contributed by atoms with E-state index in [9.17, 15) is 18.0 Å². The predicted molar refractivity (Wildman–Crippen MR) is 112 cm³/mol. The Morgan fingerprint density at radius 3 is 2.50 bits per heavy atom. The van der Waals surface area contributed by atoms with E-state index < -0.39 is 16.1 Å². The minimum absolute atomic E-state index is 0.100. The fourth-order valence-electron chi connectivity index (χ4n) is 4.42. The van der Waals surface area contributed by atoms with Crippen LogP contribution in [0, 0.1) is 5.92 Å². The molecular formula is C21H29N3O5S. The second-order valence-corrected chi connectivity index (χ2v) is 10.2. The van der Waals surface area contributed by atoms with Crippen molar-refractivity contribution in [2.45, 2.75) is 56.4 Å². The van der Waals surface area contributed by atoms with Crippen molar-refractivity contribution < 1.29 is 22.7 Å². The zero-order valence-corrected chi connectivity index (χ0v) is 18.1. The second-order valence-electron chi connectivity index (χ2n) is 8.23. The van der Waals surface area contributed by atoms with Gasteiger partial charge in [-0.25, -0.2) is 8.42 Å². The van der Waals surface area contributed by atoms with E-state index in [0.717, 1.165) is 25.9 Å². The van der Waals surface area contributed by atoms with Crippen LogP contribution in [0.3, 0.4) is 0 Å². The topological polar surface area (TPSA) is 96.0 Å². The number of amides is 2. The third-order valence-electron chi connectivity index (χ3n) is 6.25. The number of rotatable bonds is 4. The van der Waals surface area contributed by atoms with E-state index in [1.165, 1.54) is 22.9 Å². The lowest BCUT2D eigenvalue weighted by molar-refractivity contribution is -0.137. The summed E-state index contributed by atoms with van der Waals surface area (Å²) in [6.45, 7) is 4.14. The van der Waals surface area contributed by atoms with Gasteiger partial charge in [-0.2, -0.15) is 4.31 Å². The van der Waals surface area contributed by atoms with Crippen molar-refractivity contribution in [3.8, 4) is 5.75 Å². The molecule has 4 rings (SSSR count). The first-order valence-electron chi connectivity index (χ1n) is 10.8. The molecule has 1 aromatic carbocycles. The molecule has 0 bridgehead atoms. The minimum atomic E-state index is -3.70. The van der Waals surface area contributed by atoms with Crippen molar-refractivity contribution in [3.05, 3.63) is 18.2 Å². The lowest BCUT2D eigenvalue weighted by Crippen LogP contribution is -2.45. The summed E-state index contributed by atoms with van der Waals surface area (Å²) in [6, 6.07) is 4.57. The maximum atomic E-state index is 13.1. The van der Waals surface area contributed by atoms with Crippen molar-refractivity contribution in [2.75, 3.05) is 31.5 Å². The normalized spacial score (nSPS) is 23.4. The van der Waals surface area contributed by atoms with Gasteiger partial charge in [0, 0.05) is 32.1 Å². The molecule has 9 heteroatoms. The summed E-state index contributed by atoms with van der Waals surface area (Å²) in [4.78, 5) is 26.8. The molecule has 3 heterocycles. The zero-order chi connectivity index (χ0) is 21.3. The molecule has 0 aromatic heterocycles. The van der Waals surface area contributed by atoms with Gasteiger partial charge in [-0.05, 0) is 56.7 Å². The molecule has 0 spiro atoms. The van der Waals surface area contributed by atoms with E-state index in [2.05, 4.69) is 5.32 Å². The van der Waals surface area contributed by atoms with Gasteiger partial charge in [0.1, 0.15) is 5.75 Å². The average Bonchev–Trinajstić information content (AvgIpc) is 2.78. The van der Waals surface area contributed by atoms with Gasteiger partial charge in [-0.3, -0.25) is 9.59 Å². The van der Waals surface area contributed by atoms with E-state index in [-0.39, 0.29) is 22.6 Å². The lowest BCUT2D eigenvalue weighted by atomic mass is 9.95. The molecule has 1 atom stereocenters. The molecule has 3 aliphatic heterocycles. The van der Waals surface area contributed by atoms with Gasteiger partial charge in [0.15, 0.2) is 6.10 Å². The Kier molecular flexibility index (Phi) is 6.02. The van der Waals surface area contributed by atoms with Crippen LogP contribution in [0.2, 0.25) is 0 Å². The lowest BCUT2D eigenvalue weighted by Gasteiger charge is -2.35. The largest absolute Gasteiger partial charge is 0.478 e. The van der Waals surface area contributed by atoms with E-state index >= 15 is 0 Å². The fraction of sp³-hybridized carbons (Fsp3) is 0.619. The molecule has 0 saturated carbocycles. The molecule has 2 fully saturated rings. The van der Waals surface area contributed by atoms with Gasteiger partial charge >= 0.3 is 0 Å². The van der Waals surface area contributed by atoms with Gasteiger partial charge in [0.2, 0.25) is 15.9 Å². The molecule has 8 nitrogen and oxygen atoms in total. The number of ether oxygens (including phenoxy) is 1. The van der Waals surface area contributed by atoms with Crippen LogP contribution in [-0.4, -0.2) is 61.7 Å². The summed E-state index contributed by atoms with van der Waals surface area (Å²) in [5.41, 5.74) is 0.376.